The van der Waals surface area contributed by atoms with E-state index in [0.717, 1.165) is 4.90 Å². The van der Waals surface area contributed by atoms with Crippen molar-refractivity contribution in [2.24, 2.45) is 0 Å². The lowest BCUT2D eigenvalue weighted by molar-refractivity contribution is -0.904. The van der Waals surface area contributed by atoms with Crippen molar-refractivity contribution in [1.82, 2.24) is 10.6 Å². The number of carbonyl (C=O) groups excluding carboxylic acids is 3. The highest BCUT2D eigenvalue weighted by molar-refractivity contribution is 5.96. The van der Waals surface area contributed by atoms with Gasteiger partial charge in [-0.3, -0.25) is 14.9 Å². The Bertz CT molecular complexity index is 574. The van der Waals surface area contributed by atoms with Crippen molar-refractivity contribution in [2.75, 3.05) is 32.6 Å². The van der Waals surface area contributed by atoms with Gasteiger partial charge in [0.25, 0.3) is 11.8 Å². The molecule has 1 aromatic carbocycles. The Morgan fingerprint density at radius 2 is 1.83 bits per heavy atom. The molecule has 0 saturated carbocycles. The highest BCUT2D eigenvalue weighted by atomic mass is 16.5. The second kappa shape index (κ2) is 9.51. The van der Waals surface area contributed by atoms with Crippen LogP contribution in [-0.2, 0) is 9.59 Å². The smallest absolute Gasteiger partial charge is 0.321 e. The summed E-state index contributed by atoms with van der Waals surface area (Å²) in [7, 11) is 3.00. The van der Waals surface area contributed by atoms with E-state index in [1.165, 1.54) is 7.05 Å². The van der Waals surface area contributed by atoms with Crippen molar-refractivity contribution in [3.63, 3.8) is 0 Å². The monoisotopic (exact) mass is 337 g/mol. The third-order valence-corrected chi connectivity index (χ3v) is 3.68. The normalized spacial score (nSPS) is 12.7. The molecule has 0 heterocycles. The zero-order valence-corrected chi connectivity index (χ0v) is 14.4. The Balaban J connectivity index is 2.60. The summed E-state index contributed by atoms with van der Waals surface area (Å²) < 4.78 is 5.06. The molecular weight excluding hydrogens is 312 g/mol. The number of methoxy groups -OCH3 is 1. The van der Waals surface area contributed by atoms with Gasteiger partial charge in [0.05, 0.1) is 13.7 Å². The van der Waals surface area contributed by atoms with Crippen LogP contribution in [0, 0.1) is 0 Å². The molecule has 0 bridgehead atoms. The lowest BCUT2D eigenvalue weighted by Crippen LogP contribution is -3.17. The van der Waals surface area contributed by atoms with E-state index in [2.05, 4.69) is 16.0 Å². The van der Waals surface area contributed by atoms with Crippen LogP contribution in [0.15, 0.2) is 24.3 Å². The number of urea groups is 1. The molecule has 0 aromatic heterocycles. The minimum absolute atomic E-state index is 0.116. The van der Waals surface area contributed by atoms with Gasteiger partial charge in [0.1, 0.15) is 5.75 Å². The second-order valence-corrected chi connectivity index (χ2v) is 5.26. The van der Waals surface area contributed by atoms with E-state index in [0.29, 0.717) is 18.0 Å². The van der Waals surface area contributed by atoms with Crippen LogP contribution in [0.1, 0.15) is 13.8 Å². The minimum Gasteiger partial charge on any atom is -0.497 e. The van der Waals surface area contributed by atoms with Crippen LogP contribution in [0.25, 0.3) is 0 Å². The van der Waals surface area contributed by atoms with Crippen LogP contribution < -0.4 is 25.6 Å². The molecule has 0 aliphatic heterocycles. The zero-order chi connectivity index (χ0) is 18.1. The van der Waals surface area contributed by atoms with Crippen LogP contribution >= 0.6 is 0 Å². The number of likely N-dealkylation sites (N-methyl/N-ethyl adjacent to an activating group) is 1. The highest BCUT2D eigenvalue weighted by Gasteiger charge is 2.27. The molecule has 1 rings (SSSR count). The number of quaternary nitrogens is 1. The van der Waals surface area contributed by atoms with Crippen molar-refractivity contribution in [3.05, 3.63) is 24.3 Å². The Hall–Kier alpha value is -2.61. The molecule has 8 nitrogen and oxygen atoms in total. The summed E-state index contributed by atoms with van der Waals surface area (Å²) in [6.45, 7) is 4.24. The molecule has 0 spiro atoms. The summed E-state index contributed by atoms with van der Waals surface area (Å²) in [4.78, 5) is 36.1. The SMILES string of the molecule is CC[NH+](CC(=O)Nc1ccc(OC)cc1)[C@@H](C)C(=O)NC(=O)NC. The van der Waals surface area contributed by atoms with E-state index in [4.69, 9.17) is 4.74 Å². The fourth-order valence-electron chi connectivity index (χ4n) is 2.14. The summed E-state index contributed by atoms with van der Waals surface area (Å²) in [5, 5.41) is 7.32. The first-order chi connectivity index (χ1) is 11.4. The predicted octanol–water partition coefficient (Wildman–Crippen LogP) is -0.617. The first kappa shape index (κ1) is 19.4. The molecule has 1 unspecified atom stereocenters. The molecule has 132 valence electrons. The lowest BCUT2D eigenvalue weighted by atomic mass is 10.2. The number of benzene rings is 1. The number of nitrogens with one attached hydrogen (secondary N) is 4. The molecule has 0 radical (unpaired) electrons. The van der Waals surface area contributed by atoms with Gasteiger partial charge in [-0.2, -0.15) is 0 Å². The van der Waals surface area contributed by atoms with E-state index in [1.807, 2.05) is 6.92 Å². The maximum atomic E-state index is 12.2. The van der Waals surface area contributed by atoms with Crippen LogP contribution in [0.5, 0.6) is 5.75 Å². The molecule has 1 aromatic rings. The van der Waals surface area contributed by atoms with Gasteiger partial charge in [-0.15, -0.1) is 0 Å². The maximum absolute atomic E-state index is 12.2. The third-order valence-electron chi connectivity index (χ3n) is 3.68. The number of carbonyl (C=O) groups is 3. The number of rotatable bonds is 7. The van der Waals surface area contributed by atoms with Gasteiger partial charge in [0.2, 0.25) is 0 Å². The predicted molar refractivity (Wildman–Crippen MR) is 90.1 cm³/mol. The van der Waals surface area contributed by atoms with Gasteiger partial charge in [0, 0.05) is 12.7 Å². The van der Waals surface area contributed by atoms with E-state index < -0.39 is 18.0 Å². The Kier molecular flexibility index (Phi) is 7.70. The fourth-order valence-corrected chi connectivity index (χ4v) is 2.14. The van der Waals surface area contributed by atoms with Crippen molar-refractivity contribution >= 4 is 23.5 Å². The topological polar surface area (TPSA) is 101 Å². The largest absolute Gasteiger partial charge is 0.497 e. The van der Waals surface area contributed by atoms with Crippen molar-refractivity contribution in [3.8, 4) is 5.75 Å². The van der Waals surface area contributed by atoms with Crippen LogP contribution in [-0.4, -0.2) is 51.1 Å². The molecule has 0 fully saturated rings. The standard InChI is InChI=1S/C16H24N4O4/c1-5-20(11(2)15(22)19-16(23)17-3)10-14(21)18-12-6-8-13(24-4)9-7-12/h6-9,11H,5,10H2,1-4H3,(H,18,21)(H2,17,19,22,23)/p+1/t11-/m0/s1. The minimum atomic E-state index is -0.565. The molecule has 0 aliphatic rings. The van der Waals surface area contributed by atoms with Gasteiger partial charge < -0.3 is 20.3 Å². The quantitative estimate of drug-likeness (QED) is 0.533. The Labute approximate surface area is 141 Å². The first-order valence-corrected chi connectivity index (χ1v) is 7.72. The number of amides is 4. The van der Waals surface area contributed by atoms with E-state index in [9.17, 15) is 14.4 Å². The summed E-state index contributed by atoms with van der Waals surface area (Å²) in [6, 6.07) is 5.88. The number of imide groups is 1. The van der Waals surface area contributed by atoms with E-state index in [1.54, 1.807) is 38.3 Å². The summed E-state index contributed by atoms with van der Waals surface area (Å²) in [5.41, 5.74) is 0.652. The van der Waals surface area contributed by atoms with Gasteiger partial charge in [-0.05, 0) is 38.1 Å². The van der Waals surface area contributed by atoms with Crippen LogP contribution in [0.4, 0.5) is 10.5 Å². The van der Waals surface area contributed by atoms with E-state index >= 15 is 0 Å². The molecule has 4 N–H and O–H groups in total. The number of hydrogen-bond donors (Lipinski definition) is 4. The Morgan fingerprint density at radius 3 is 2.33 bits per heavy atom. The van der Waals surface area contributed by atoms with Crippen LogP contribution in [0.2, 0.25) is 0 Å². The average molecular weight is 337 g/mol. The van der Waals surface area contributed by atoms with E-state index in [-0.39, 0.29) is 12.5 Å². The zero-order valence-electron chi connectivity index (χ0n) is 14.4. The first-order valence-electron chi connectivity index (χ1n) is 7.72. The molecule has 0 saturated heterocycles. The molecule has 8 heteroatoms. The number of ether oxygens (including phenoxy) is 1. The Morgan fingerprint density at radius 1 is 1.21 bits per heavy atom. The van der Waals surface area contributed by atoms with Crippen molar-refractivity contribution in [2.45, 2.75) is 19.9 Å². The summed E-state index contributed by atoms with van der Waals surface area (Å²) >= 11 is 0. The molecule has 24 heavy (non-hydrogen) atoms. The molecule has 4 amide bonds. The summed E-state index contributed by atoms with van der Waals surface area (Å²) in [6.07, 6.45) is 0. The molecule has 2 atom stereocenters. The van der Waals surface area contributed by atoms with Crippen molar-refractivity contribution < 1.29 is 24.0 Å². The van der Waals surface area contributed by atoms with Gasteiger partial charge in [0.15, 0.2) is 12.6 Å². The molecule has 0 aliphatic carbocycles. The molecular formula is C16H25N4O4+. The van der Waals surface area contributed by atoms with Gasteiger partial charge >= 0.3 is 6.03 Å². The summed E-state index contributed by atoms with van der Waals surface area (Å²) in [5.74, 6) is 0.0633. The number of anilines is 1. The fraction of sp³-hybridized carbons (Fsp3) is 0.438. The van der Waals surface area contributed by atoms with Gasteiger partial charge in [-0.1, -0.05) is 0 Å². The highest BCUT2D eigenvalue weighted by Crippen LogP contribution is 2.14. The third kappa shape index (κ3) is 5.88. The average Bonchev–Trinajstić information content (AvgIpc) is 2.59. The second-order valence-electron chi connectivity index (χ2n) is 5.26. The van der Waals surface area contributed by atoms with Crippen molar-refractivity contribution in [1.29, 1.82) is 0 Å². The van der Waals surface area contributed by atoms with Crippen LogP contribution in [0.3, 0.4) is 0 Å². The maximum Gasteiger partial charge on any atom is 0.321 e. The van der Waals surface area contributed by atoms with Gasteiger partial charge in [-0.25, -0.2) is 4.79 Å². The lowest BCUT2D eigenvalue weighted by Gasteiger charge is -2.23. The number of hydrogen-bond acceptors (Lipinski definition) is 4.